The Balaban J connectivity index is 1.94. The summed E-state index contributed by atoms with van der Waals surface area (Å²) >= 11 is 0. The molecule has 0 aliphatic carbocycles. The van der Waals surface area contributed by atoms with Crippen molar-refractivity contribution in [1.29, 1.82) is 0 Å². The highest BCUT2D eigenvalue weighted by Crippen LogP contribution is 2.40. The normalized spacial score (nSPS) is 18.7. The van der Waals surface area contributed by atoms with Crippen LogP contribution >= 0.6 is 0 Å². The molecule has 0 amide bonds. The number of nitrogens with zero attached hydrogens (tertiary/aromatic N) is 3. The Morgan fingerprint density at radius 1 is 1.00 bits per heavy atom. The van der Waals surface area contributed by atoms with Gasteiger partial charge in [0.25, 0.3) is 0 Å². The molecule has 31 heavy (non-hydrogen) atoms. The second-order valence-corrected chi connectivity index (χ2v) is 16.3. The van der Waals surface area contributed by atoms with Crippen molar-refractivity contribution >= 4 is 31.9 Å². The van der Waals surface area contributed by atoms with Crippen molar-refractivity contribution in [2.24, 2.45) is 0 Å². The minimum atomic E-state index is -1.91. The van der Waals surface area contributed by atoms with Crippen LogP contribution in [0.2, 0.25) is 18.1 Å². The molecule has 164 valence electrons. The zero-order valence-electron chi connectivity index (χ0n) is 20.3. The minimum absolute atomic E-state index is 0.163. The SMILES string of the molecule is CC1(C)OB(c2cn([Si](C)(C)C(C)(C)C)c3ncc(-c4cccnc4)cc23)OC1(C)C. The molecular weight excluding hydrogens is 401 g/mol. The van der Waals surface area contributed by atoms with E-state index in [2.05, 4.69) is 89.1 Å². The fraction of sp³-hybridized carbons (Fsp3) is 0.500. The molecule has 0 saturated carbocycles. The van der Waals surface area contributed by atoms with Crippen LogP contribution in [0, 0.1) is 0 Å². The molecule has 0 bridgehead atoms. The van der Waals surface area contributed by atoms with Gasteiger partial charge in [-0.05, 0) is 51.1 Å². The van der Waals surface area contributed by atoms with E-state index in [0.717, 1.165) is 27.6 Å². The Hall–Kier alpha value is -1.96. The van der Waals surface area contributed by atoms with Crippen molar-refractivity contribution in [2.75, 3.05) is 0 Å². The molecule has 3 aromatic rings. The van der Waals surface area contributed by atoms with Crippen molar-refractivity contribution < 1.29 is 9.31 Å². The first-order chi connectivity index (χ1) is 14.2. The quantitative estimate of drug-likeness (QED) is 0.527. The molecule has 1 aliphatic heterocycles. The van der Waals surface area contributed by atoms with Gasteiger partial charge in [-0.25, -0.2) is 4.98 Å². The second kappa shape index (κ2) is 7.02. The van der Waals surface area contributed by atoms with Crippen LogP contribution in [0.25, 0.3) is 22.2 Å². The number of rotatable bonds is 3. The molecule has 3 aromatic heterocycles. The van der Waals surface area contributed by atoms with E-state index in [9.17, 15) is 0 Å². The molecule has 4 rings (SSSR count). The molecule has 4 heterocycles. The zero-order valence-corrected chi connectivity index (χ0v) is 21.3. The fourth-order valence-electron chi connectivity index (χ4n) is 3.77. The second-order valence-electron chi connectivity index (χ2n) is 11.2. The van der Waals surface area contributed by atoms with Gasteiger partial charge in [0.05, 0.1) is 11.2 Å². The van der Waals surface area contributed by atoms with Gasteiger partial charge >= 0.3 is 7.12 Å². The zero-order chi connectivity index (χ0) is 22.8. The summed E-state index contributed by atoms with van der Waals surface area (Å²) in [4.78, 5) is 9.24. The van der Waals surface area contributed by atoms with Crippen molar-refractivity contribution in [3.05, 3.63) is 43.0 Å². The lowest BCUT2D eigenvalue weighted by Gasteiger charge is -2.38. The van der Waals surface area contributed by atoms with Gasteiger partial charge in [0.2, 0.25) is 0 Å². The maximum atomic E-state index is 6.46. The number of aromatic nitrogens is 3. The molecule has 0 unspecified atom stereocenters. The van der Waals surface area contributed by atoms with Crippen LogP contribution in [0.4, 0.5) is 0 Å². The van der Waals surface area contributed by atoms with Gasteiger partial charge in [0, 0.05) is 40.6 Å². The Bertz CT molecular complexity index is 1100. The van der Waals surface area contributed by atoms with E-state index >= 15 is 0 Å². The predicted octanol–water partition coefficient (Wildman–Crippen LogP) is 5.25. The van der Waals surface area contributed by atoms with Crippen LogP contribution in [0.15, 0.2) is 43.0 Å². The molecule has 0 spiro atoms. The van der Waals surface area contributed by atoms with Gasteiger partial charge in [-0.1, -0.05) is 39.9 Å². The molecule has 1 aliphatic rings. The average Bonchev–Trinajstić information content (AvgIpc) is 3.15. The van der Waals surface area contributed by atoms with E-state index < -0.39 is 26.6 Å². The van der Waals surface area contributed by atoms with Crippen LogP contribution in [0.3, 0.4) is 0 Å². The van der Waals surface area contributed by atoms with Crippen LogP contribution in [0.5, 0.6) is 0 Å². The Kier molecular flexibility index (Phi) is 5.04. The summed E-state index contributed by atoms with van der Waals surface area (Å²) in [6.07, 6.45) is 7.86. The highest BCUT2D eigenvalue weighted by Gasteiger charge is 2.53. The van der Waals surface area contributed by atoms with Crippen molar-refractivity contribution in [3.63, 3.8) is 0 Å². The van der Waals surface area contributed by atoms with Gasteiger partial charge in [-0.15, -0.1) is 0 Å². The smallest absolute Gasteiger partial charge is 0.399 e. The van der Waals surface area contributed by atoms with Gasteiger partial charge in [0.1, 0.15) is 5.65 Å². The summed E-state index contributed by atoms with van der Waals surface area (Å²) in [5.74, 6) is 0. The van der Waals surface area contributed by atoms with Gasteiger partial charge in [-0.3, -0.25) is 4.98 Å². The first kappa shape index (κ1) is 22.2. The summed E-state index contributed by atoms with van der Waals surface area (Å²) in [7, 11) is -2.34. The van der Waals surface area contributed by atoms with E-state index in [-0.39, 0.29) is 5.04 Å². The van der Waals surface area contributed by atoms with Crippen LogP contribution in [-0.2, 0) is 9.31 Å². The lowest BCUT2D eigenvalue weighted by atomic mass is 9.79. The Morgan fingerprint density at radius 2 is 1.65 bits per heavy atom. The number of hydrogen-bond donors (Lipinski definition) is 0. The monoisotopic (exact) mass is 435 g/mol. The highest BCUT2D eigenvalue weighted by atomic mass is 28.3. The summed E-state index contributed by atoms with van der Waals surface area (Å²) < 4.78 is 15.3. The van der Waals surface area contributed by atoms with E-state index in [1.54, 1.807) is 6.20 Å². The molecule has 0 atom stereocenters. The first-order valence-corrected chi connectivity index (χ1v) is 14.0. The van der Waals surface area contributed by atoms with Crippen LogP contribution in [0.1, 0.15) is 48.5 Å². The third-order valence-electron chi connectivity index (χ3n) is 7.61. The average molecular weight is 435 g/mol. The topological polar surface area (TPSA) is 49.2 Å². The van der Waals surface area contributed by atoms with E-state index in [0.29, 0.717) is 0 Å². The highest BCUT2D eigenvalue weighted by molar-refractivity contribution is 6.80. The largest absolute Gasteiger partial charge is 0.497 e. The summed E-state index contributed by atoms with van der Waals surface area (Å²) in [6, 6.07) is 6.23. The fourth-order valence-corrected chi connectivity index (χ4v) is 5.66. The number of hydrogen-bond acceptors (Lipinski definition) is 4. The summed E-state index contributed by atoms with van der Waals surface area (Å²) in [6.45, 7) is 20.2. The van der Waals surface area contributed by atoms with Gasteiger partial charge < -0.3 is 13.5 Å². The lowest BCUT2D eigenvalue weighted by molar-refractivity contribution is 0.00578. The van der Waals surface area contributed by atoms with Crippen molar-refractivity contribution in [3.8, 4) is 11.1 Å². The third kappa shape index (κ3) is 3.56. The van der Waals surface area contributed by atoms with Crippen LogP contribution < -0.4 is 5.46 Å². The Morgan fingerprint density at radius 3 is 2.19 bits per heavy atom. The third-order valence-corrected chi connectivity index (χ3v) is 12.8. The van der Waals surface area contributed by atoms with E-state index in [1.165, 1.54) is 0 Å². The maximum absolute atomic E-state index is 6.46. The maximum Gasteiger partial charge on any atom is 0.497 e. The molecule has 0 aromatic carbocycles. The minimum Gasteiger partial charge on any atom is -0.399 e. The lowest BCUT2D eigenvalue weighted by Crippen LogP contribution is -2.45. The molecule has 1 fully saturated rings. The molecule has 5 nitrogen and oxygen atoms in total. The number of fused-ring (bicyclic) bond motifs is 1. The Labute approximate surface area is 187 Å². The summed E-state index contributed by atoms with van der Waals surface area (Å²) in [5, 5.41) is 1.25. The molecular formula is C24H34BN3O2Si. The van der Waals surface area contributed by atoms with E-state index in [4.69, 9.17) is 14.3 Å². The molecule has 0 radical (unpaired) electrons. The van der Waals surface area contributed by atoms with Gasteiger partial charge in [-0.2, -0.15) is 0 Å². The summed E-state index contributed by atoms with van der Waals surface area (Å²) in [5.41, 5.74) is 3.37. The van der Waals surface area contributed by atoms with Crippen molar-refractivity contribution in [1.82, 2.24) is 14.2 Å². The molecule has 1 saturated heterocycles. The van der Waals surface area contributed by atoms with E-state index in [1.807, 2.05) is 18.5 Å². The van der Waals surface area contributed by atoms with Gasteiger partial charge in [0.15, 0.2) is 8.24 Å². The standard InChI is InChI=1S/C24H34BN3O2Si/c1-22(2,3)31(8,9)28-16-20(25-29-23(4,5)24(6,7)30-25)19-13-18(15-27-21(19)28)17-11-10-12-26-14-17/h10-16H,1-9H3. The number of pyridine rings is 2. The first-order valence-electron chi connectivity index (χ1n) is 11.0. The van der Waals surface area contributed by atoms with Crippen molar-refractivity contribution in [2.45, 2.75) is 77.8 Å². The van der Waals surface area contributed by atoms with Crippen LogP contribution in [-0.4, -0.2) is 40.8 Å². The predicted molar refractivity (Wildman–Crippen MR) is 131 cm³/mol. The molecule has 7 heteroatoms. The molecule has 0 N–H and O–H groups in total.